The third-order valence-corrected chi connectivity index (χ3v) is 3.06. The number of hydrogen-bond donors (Lipinski definition) is 2. The highest BCUT2D eigenvalue weighted by molar-refractivity contribution is 5.79. The Kier molecular flexibility index (Phi) is 4.39. The second-order valence-corrected chi connectivity index (χ2v) is 4.24. The first kappa shape index (κ1) is 11.5. The van der Waals surface area contributed by atoms with Gasteiger partial charge in [-0.15, -0.1) is 0 Å². The van der Waals surface area contributed by atoms with Gasteiger partial charge in [-0.2, -0.15) is 0 Å². The van der Waals surface area contributed by atoms with Crippen LogP contribution in [-0.2, 0) is 4.79 Å². The molecule has 0 heterocycles. The van der Waals surface area contributed by atoms with Gasteiger partial charge >= 0.3 is 0 Å². The smallest absolute Gasteiger partial charge is 0.224 e. The van der Waals surface area contributed by atoms with Crippen molar-refractivity contribution >= 4 is 5.91 Å². The highest BCUT2D eigenvalue weighted by Gasteiger charge is 2.37. The second kappa shape index (κ2) is 5.35. The minimum absolute atomic E-state index is 0.0119. The zero-order valence-corrected chi connectivity index (χ0v) is 9.25. The molecule has 0 bridgehead atoms. The number of carbonyl (C=O) groups excluding carboxylic acids is 1. The van der Waals surface area contributed by atoms with Crippen molar-refractivity contribution in [3.63, 3.8) is 0 Å². The molecule has 3 N–H and O–H groups in total. The molecule has 0 aliphatic heterocycles. The van der Waals surface area contributed by atoms with Crippen molar-refractivity contribution in [3.05, 3.63) is 0 Å². The summed E-state index contributed by atoms with van der Waals surface area (Å²) in [6.45, 7) is 4.66. The maximum atomic E-state index is 11.6. The van der Waals surface area contributed by atoms with E-state index in [9.17, 15) is 4.79 Å². The first-order valence-electron chi connectivity index (χ1n) is 5.73. The molecule has 14 heavy (non-hydrogen) atoms. The van der Waals surface area contributed by atoms with E-state index in [4.69, 9.17) is 5.73 Å². The monoisotopic (exact) mass is 198 g/mol. The van der Waals surface area contributed by atoms with Gasteiger partial charge in [0.15, 0.2) is 0 Å². The molecule has 0 aromatic heterocycles. The standard InChI is InChI=1S/C11H22N2O/c1-3-5-9-6-10(9)13-11(14)8(4-2)7-12/h8-10H,3-7,12H2,1-2H3,(H,13,14). The van der Waals surface area contributed by atoms with Crippen molar-refractivity contribution in [2.75, 3.05) is 6.54 Å². The van der Waals surface area contributed by atoms with Crippen LogP contribution in [0.25, 0.3) is 0 Å². The van der Waals surface area contributed by atoms with Gasteiger partial charge in [0.05, 0.1) is 0 Å². The molecule has 1 aliphatic carbocycles. The van der Waals surface area contributed by atoms with Crippen LogP contribution in [-0.4, -0.2) is 18.5 Å². The van der Waals surface area contributed by atoms with Crippen LogP contribution in [0.1, 0.15) is 39.5 Å². The maximum absolute atomic E-state index is 11.6. The summed E-state index contributed by atoms with van der Waals surface area (Å²) in [5, 5.41) is 3.07. The van der Waals surface area contributed by atoms with Crippen LogP contribution in [0.2, 0.25) is 0 Å². The third kappa shape index (κ3) is 2.98. The first-order valence-corrected chi connectivity index (χ1v) is 5.73. The fraction of sp³-hybridized carbons (Fsp3) is 0.909. The van der Waals surface area contributed by atoms with Crippen LogP contribution in [0.5, 0.6) is 0 Å². The quantitative estimate of drug-likeness (QED) is 0.675. The van der Waals surface area contributed by atoms with Gasteiger partial charge < -0.3 is 11.1 Å². The summed E-state index contributed by atoms with van der Waals surface area (Å²) < 4.78 is 0. The molecule has 82 valence electrons. The van der Waals surface area contributed by atoms with Crippen LogP contribution >= 0.6 is 0 Å². The summed E-state index contributed by atoms with van der Waals surface area (Å²) in [6.07, 6.45) is 4.46. The Bertz CT molecular complexity index is 190. The van der Waals surface area contributed by atoms with Crippen LogP contribution in [0.4, 0.5) is 0 Å². The molecule has 3 heteroatoms. The SMILES string of the molecule is CCCC1CC1NC(=O)C(CC)CN. The lowest BCUT2D eigenvalue weighted by atomic mass is 10.1. The molecule has 1 fully saturated rings. The van der Waals surface area contributed by atoms with E-state index in [1.807, 2.05) is 6.92 Å². The summed E-state index contributed by atoms with van der Waals surface area (Å²) in [4.78, 5) is 11.6. The van der Waals surface area contributed by atoms with E-state index in [1.165, 1.54) is 19.3 Å². The highest BCUT2D eigenvalue weighted by atomic mass is 16.2. The normalized spacial score (nSPS) is 27.1. The van der Waals surface area contributed by atoms with Crippen LogP contribution in [0.3, 0.4) is 0 Å². The van der Waals surface area contributed by atoms with Gasteiger partial charge in [-0.05, 0) is 25.2 Å². The fourth-order valence-corrected chi connectivity index (χ4v) is 1.87. The van der Waals surface area contributed by atoms with Crippen LogP contribution in [0, 0.1) is 11.8 Å². The first-order chi connectivity index (χ1) is 6.72. The molecule has 0 aromatic rings. The summed E-state index contributed by atoms with van der Waals surface area (Å²) in [7, 11) is 0. The van der Waals surface area contributed by atoms with Gasteiger partial charge in [0.2, 0.25) is 5.91 Å². The van der Waals surface area contributed by atoms with Crippen molar-refractivity contribution in [2.45, 2.75) is 45.6 Å². The van der Waals surface area contributed by atoms with Crippen molar-refractivity contribution in [3.8, 4) is 0 Å². The molecule has 3 atom stereocenters. The Hall–Kier alpha value is -0.570. The lowest BCUT2D eigenvalue weighted by molar-refractivity contribution is -0.125. The van der Waals surface area contributed by atoms with E-state index in [-0.39, 0.29) is 11.8 Å². The van der Waals surface area contributed by atoms with Crippen molar-refractivity contribution < 1.29 is 4.79 Å². The van der Waals surface area contributed by atoms with E-state index in [0.717, 1.165) is 12.3 Å². The Balaban J connectivity index is 2.22. The van der Waals surface area contributed by atoms with E-state index < -0.39 is 0 Å². The van der Waals surface area contributed by atoms with Gasteiger partial charge in [-0.1, -0.05) is 20.3 Å². The average molecular weight is 198 g/mol. The molecule has 0 saturated heterocycles. The Morgan fingerprint density at radius 2 is 2.29 bits per heavy atom. The summed E-state index contributed by atoms with van der Waals surface area (Å²) >= 11 is 0. The molecule has 1 rings (SSSR count). The molecule has 1 amide bonds. The van der Waals surface area contributed by atoms with E-state index >= 15 is 0 Å². The third-order valence-electron chi connectivity index (χ3n) is 3.06. The molecule has 1 saturated carbocycles. The van der Waals surface area contributed by atoms with Crippen molar-refractivity contribution in [2.24, 2.45) is 17.6 Å². The van der Waals surface area contributed by atoms with Gasteiger partial charge in [-0.3, -0.25) is 4.79 Å². The number of amides is 1. The highest BCUT2D eigenvalue weighted by Crippen LogP contribution is 2.34. The zero-order chi connectivity index (χ0) is 10.6. The van der Waals surface area contributed by atoms with E-state index in [0.29, 0.717) is 12.6 Å². The zero-order valence-electron chi connectivity index (χ0n) is 9.25. The number of nitrogens with one attached hydrogen (secondary N) is 1. The largest absolute Gasteiger partial charge is 0.353 e. The molecular weight excluding hydrogens is 176 g/mol. The molecule has 3 nitrogen and oxygen atoms in total. The van der Waals surface area contributed by atoms with Gasteiger partial charge in [0, 0.05) is 18.5 Å². The minimum Gasteiger partial charge on any atom is -0.353 e. The van der Waals surface area contributed by atoms with Crippen molar-refractivity contribution in [1.82, 2.24) is 5.32 Å². The number of rotatable bonds is 6. The molecule has 3 unspecified atom stereocenters. The lowest BCUT2D eigenvalue weighted by Crippen LogP contribution is -2.36. The van der Waals surface area contributed by atoms with Crippen LogP contribution < -0.4 is 11.1 Å². The van der Waals surface area contributed by atoms with E-state index in [1.54, 1.807) is 0 Å². The van der Waals surface area contributed by atoms with Gasteiger partial charge in [0.25, 0.3) is 0 Å². The number of hydrogen-bond acceptors (Lipinski definition) is 2. The van der Waals surface area contributed by atoms with Gasteiger partial charge in [0.1, 0.15) is 0 Å². The summed E-state index contributed by atoms with van der Waals surface area (Å²) in [6, 6.07) is 0.447. The molecule has 1 aliphatic rings. The molecule has 0 aromatic carbocycles. The Labute approximate surface area is 86.4 Å². The van der Waals surface area contributed by atoms with Crippen LogP contribution in [0.15, 0.2) is 0 Å². The average Bonchev–Trinajstić information content (AvgIpc) is 2.86. The molecule has 0 radical (unpaired) electrons. The predicted octanol–water partition coefficient (Wildman–Crippen LogP) is 1.28. The molecular formula is C11H22N2O. The number of carbonyl (C=O) groups is 1. The predicted molar refractivity (Wildman–Crippen MR) is 57.8 cm³/mol. The topological polar surface area (TPSA) is 55.1 Å². The fourth-order valence-electron chi connectivity index (χ4n) is 1.87. The van der Waals surface area contributed by atoms with Gasteiger partial charge in [-0.25, -0.2) is 0 Å². The Morgan fingerprint density at radius 3 is 2.79 bits per heavy atom. The lowest BCUT2D eigenvalue weighted by Gasteiger charge is -2.12. The second-order valence-electron chi connectivity index (χ2n) is 4.24. The Morgan fingerprint density at radius 1 is 1.57 bits per heavy atom. The number of nitrogens with two attached hydrogens (primary N) is 1. The molecule has 0 spiro atoms. The maximum Gasteiger partial charge on any atom is 0.224 e. The van der Waals surface area contributed by atoms with Crippen molar-refractivity contribution in [1.29, 1.82) is 0 Å². The summed E-state index contributed by atoms with van der Waals surface area (Å²) in [5.74, 6) is 0.899. The minimum atomic E-state index is 0.0119. The van der Waals surface area contributed by atoms with E-state index in [2.05, 4.69) is 12.2 Å². The summed E-state index contributed by atoms with van der Waals surface area (Å²) in [5.41, 5.74) is 5.51.